The van der Waals surface area contributed by atoms with Crippen LogP contribution in [0.15, 0.2) is 24.3 Å². The first-order chi connectivity index (χ1) is 11.0. The summed E-state index contributed by atoms with van der Waals surface area (Å²) in [4.78, 5) is 16.6. The van der Waals surface area contributed by atoms with Gasteiger partial charge in [0.25, 0.3) is 0 Å². The lowest BCUT2D eigenvalue weighted by Crippen LogP contribution is -2.41. The van der Waals surface area contributed by atoms with Crippen molar-refractivity contribution in [2.75, 3.05) is 26.2 Å². The van der Waals surface area contributed by atoms with Crippen LogP contribution in [0.1, 0.15) is 38.3 Å². The van der Waals surface area contributed by atoms with Crippen molar-refractivity contribution in [3.63, 3.8) is 0 Å². The van der Waals surface area contributed by atoms with Crippen LogP contribution in [-0.2, 0) is 4.79 Å². The molecule has 5 heteroatoms. The van der Waals surface area contributed by atoms with Crippen molar-refractivity contribution in [2.45, 2.75) is 32.7 Å². The average molecular weight is 334 g/mol. The van der Waals surface area contributed by atoms with Crippen LogP contribution >= 0.6 is 11.6 Å². The van der Waals surface area contributed by atoms with Crippen LogP contribution in [-0.4, -0.2) is 41.9 Å². The van der Waals surface area contributed by atoms with E-state index >= 15 is 0 Å². The molecule has 0 saturated carbocycles. The highest BCUT2D eigenvalue weighted by Gasteiger charge is 2.29. The van der Waals surface area contributed by atoms with Crippen molar-refractivity contribution in [3.05, 3.63) is 34.9 Å². The summed E-state index contributed by atoms with van der Waals surface area (Å²) in [5.41, 5.74) is 1.18. The highest BCUT2D eigenvalue weighted by Crippen LogP contribution is 2.32. The van der Waals surface area contributed by atoms with E-state index in [4.69, 9.17) is 16.9 Å². The Labute approximate surface area is 143 Å². The Bertz CT molecular complexity index is 584. The third kappa shape index (κ3) is 4.70. The molecule has 0 aliphatic carbocycles. The number of likely N-dealkylation sites (N-methyl/N-ethyl adjacent to an activating group) is 1. The number of carbonyl (C=O) groups is 1. The molecule has 124 valence electrons. The molecule has 1 aliphatic rings. The second kappa shape index (κ2) is 8.33. The third-order valence-electron chi connectivity index (χ3n) is 4.38. The maximum atomic E-state index is 12.6. The lowest BCUT2D eigenvalue weighted by Gasteiger charge is -2.28. The first kappa shape index (κ1) is 17.8. The summed E-state index contributed by atoms with van der Waals surface area (Å²) in [7, 11) is 0. The smallest absolute Gasteiger partial charge is 0.236 e. The number of hydrogen-bond acceptors (Lipinski definition) is 3. The van der Waals surface area contributed by atoms with E-state index in [9.17, 15) is 4.79 Å². The topological polar surface area (TPSA) is 47.3 Å². The van der Waals surface area contributed by atoms with E-state index in [1.807, 2.05) is 32.0 Å². The van der Waals surface area contributed by atoms with E-state index in [-0.39, 0.29) is 17.9 Å². The quantitative estimate of drug-likeness (QED) is 0.800. The standard InChI is InChI=1S/C18H24ClN3O/c1-3-21(12-14(2)11-20)18(23)13-22-9-5-8-17(22)15-6-4-7-16(19)10-15/h4,6-7,10,14,17H,3,5,8-9,12-13H2,1-2H3. The van der Waals surface area contributed by atoms with Crippen molar-refractivity contribution in [3.8, 4) is 6.07 Å². The van der Waals surface area contributed by atoms with Crippen LogP contribution < -0.4 is 0 Å². The SMILES string of the molecule is CCN(CC(C)C#N)C(=O)CN1CCCC1c1cccc(Cl)c1. The van der Waals surface area contributed by atoms with Gasteiger partial charge in [0.15, 0.2) is 0 Å². The molecule has 1 amide bonds. The van der Waals surface area contributed by atoms with Gasteiger partial charge in [0.1, 0.15) is 0 Å². The molecule has 1 fully saturated rings. The summed E-state index contributed by atoms with van der Waals surface area (Å²) in [5, 5.41) is 9.69. The molecular weight excluding hydrogens is 310 g/mol. The third-order valence-corrected chi connectivity index (χ3v) is 4.62. The maximum absolute atomic E-state index is 12.6. The number of rotatable bonds is 6. The van der Waals surface area contributed by atoms with Gasteiger partial charge >= 0.3 is 0 Å². The van der Waals surface area contributed by atoms with Gasteiger partial charge in [0.05, 0.1) is 18.5 Å². The summed E-state index contributed by atoms with van der Waals surface area (Å²) in [6.45, 7) is 6.28. The van der Waals surface area contributed by atoms with E-state index in [0.29, 0.717) is 19.6 Å². The first-order valence-electron chi connectivity index (χ1n) is 8.22. The predicted molar refractivity (Wildman–Crippen MR) is 92.0 cm³/mol. The summed E-state index contributed by atoms with van der Waals surface area (Å²) in [6, 6.07) is 10.4. The molecule has 23 heavy (non-hydrogen) atoms. The lowest BCUT2D eigenvalue weighted by molar-refractivity contribution is -0.132. The van der Waals surface area contributed by atoms with E-state index in [0.717, 1.165) is 24.4 Å². The normalized spacial score (nSPS) is 19.3. The Morgan fingerprint density at radius 3 is 3.00 bits per heavy atom. The molecule has 2 atom stereocenters. The number of benzene rings is 1. The number of amides is 1. The van der Waals surface area contributed by atoms with E-state index < -0.39 is 0 Å². The number of nitrogens with zero attached hydrogens (tertiary/aromatic N) is 3. The van der Waals surface area contributed by atoms with Gasteiger partial charge in [-0.25, -0.2) is 0 Å². The van der Waals surface area contributed by atoms with Crippen LogP contribution in [0.5, 0.6) is 0 Å². The van der Waals surface area contributed by atoms with Crippen LogP contribution in [0.2, 0.25) is 5.02 Å². The van der Waals surface area contributed by atoms with E-state index in [1.165, 1.54) is 5.56 Å². The molecule has 0 N–H and O–H groups in total. The second-order valence-corrected chi connectivity index (χ2v) is 6.58. The Hall–Kier alpha value is -1.57. The van der Waals surface area contributed by atoms with Gasteiger partial charge in [0.2, 0.25) is 5.91 Å². The van der Waals surface area contributed by atoms with Crippen LogP contribution in [0.25, 0.3) is 0 Å². The fourth-order valence-electron chi connectivity index (χ4n) is 3.16. The number of likely N-dealkylation sites (tertiary alicyclic amines) is 1. The number of hydrogen-bond donors (Lipinski definition) is 0. The largest absolute Gasteiger partial charge is 0.341 e. The molecule has 4 nitrogen and oxygen atoms in total. The molecule has 1 aromatic rings. The van der Waals surface area contributed by atoms with Crippen LogP contribution in [0.3, 0.4) is 0 Å². The van der Waals surface area contributed by atoms with Gasteiger partial charge < -0.3 is 4.90 Å². The minimum Gasteiger partial charge on any atom is -0.341 e. The zero-order valence-corrected chi connectivity index (χ0v) is 14.6. The number of carbonyl (C=O) groups excluding carboxylic acids is 1. The zero-order valence-electron chi connectivity index (χ0n) is 13.8. The van der Waals surface area contributed by atoms with E-state index in [1.54, 1.807) is 4.90 Å². The van der Waals surface area contributed by atoms with Gasteiger partial charge in [-0.15, -0.1) is 0 Å². The molecule has 2 unspecified atom stereocenters. The number of halogens is 1. The van der Waals surface area contributed by atoms with Crippen molar-refractivity contribution in [1.82, 2.24) is 9.80 Å². The maximum Gasteiger partial charge on any atom is 0.236 e. The van der Waals surface area contributed by atoms with Gasteiger partial charge in [-0.1, -0.05) is 23.7 Å². The van der Waals surface area contributed by atoms with Crippen molar-refractivity contribution in [1.29, 1.82) is 5.26 Å². The molecule has 1 aliphatic heterocycles. The lowest BCUT2D eigenvalue weighted by atomic mass is 10.0. The van der Waals surface area contributed by atoms with Crippen LogP contribution in [0.4, 0.5) is 0 Å². The second-order valence-electron chi connectivity index (χ2n) is 6.15. The molecule has 0 aromatic heterocycles. The summed E-state index contributed by atoms with van der Waals surface area (Å²) in [6.07, 6.45) is 2.14. The Morgan fingerprint density at radius 2 is 2.35 bits per heavy atom. The zero-order chi connectivity index (χ0) is 16.8. The minimum atomic E-state index is -0.138. The molecule has 0 bridgehead atoms. The molecule has 1 aromatic carbocycles. The molecule has 2 rings (SSSR count). The highest BCUT2D eigenvalue weighted by atomic mass is 35.5. The van der Waals surface area contributed by atoms with E-state index in [2.05, 4.69) is 17.0 Å². The van der Waals surface area contributed by atoms with Crippen molar-refractivity contribution >= 4 is 17.5 Å². The van der Waals surface area contributed by atoms with Gasteiger partial charge in [-0.3, -0.25) is 9.69 Å². The van der Waals surface area contributed by atoms with Crippen LogP contribution in [0, 0.1) is 17.2 Å². The Balaban J connectivity index is 2.03. The fourth-order valence-corrected chi connectivity index (χ4v) is 3.36. The average Bonchev–Trinajstić information content (AvgIpc) is 3.00. The summed E-state index contributed by atoms with van der Waals surface area (Å²) < 4.78 is 0. The number of nitriles is 1. The fraction of sp³-hybridized carbons (Fsp3) is 0.556. The Kier molecular flexibility index (Phi) is 6.44. The molecule has 1 saturated heterocycles. The van der Waals surface area contributed by atoms with Gasteiger partial charge in [-0.2, -0.15) is 5.26 Å². The molecule has 0 spiro atoms. The van der Waals surface area contributed by atoms with Crippen molar-refractivity contribution in [2.24, 2.45) is 5.92 Å². The molecular formula is C18H24ClN3O. The molecule has 0 radical (unpaired) electrons. The predicted octanol–water partition coefficient (Wildman–Crippen LogP) is 3.49. The first-order valence-corrected chi connectivity index (χ1v) is 8.59. The minimum absolute atomic E-state index is 0.100. The monoisotopic (exact) mass is 333 g/mol. The Morgan fingerprint density at radius 1 is 1.57 bits per heavy atom. The summed E-state index contributed by atoms with van der Waals surface area (Å²) in [5.74, 6) is -0.0373. The van der Waals surface area contributed by atoms with Gasteiger partial charge in [0, 0.05) is 24.2 Å². The van der Waals surface area contributed by atoms with Crippen molar-refractivity contribution < 1.29 is 4.79 Å². The van der Waals surface area contributed by atoms with Gasteiger partial charge in [-0.05, 0) is 50.9 Å². The molecule has 1 heterocycles. The summed E-state index contributed by atoms with van der Waals surface area (Å²) >= 11 is 6.10. The highest BCUT2D eigenvalue weighted by molar-refractivity contribution is 6.30.